The lowest BCUT2D eigenvalue weighted by Crippen LogP contribution is -2.30. The summed E-state index contributed by atoms with van der Waals surface area (Å²) < 4.78 is 36.2. The highest BCUT2D eigenvalue weighted by Gasteiger charge is 2.28. The number of halogens is 4. The molecule has 106 valence electrons. The van der Waals surface area contributed by atoms with E-state index in [2.05, 4.69) is 10.4 Å². The second-order valence-corrected chi connectivity index (χ2v) is 4.20. The molecule has 0 aromatic carbocycles. The topological polar surface area (TPSA) is 71.2 Å². The molecule has 1 heterocycles. The number of nitrogens with two attached hydrogens (primary N) is 1. The minimum absolute atomic E-state index is 0.0914. The minimum Gasteiger partial charge on any atom is -0.341 e. The molecule has 0 bridgehead atoms. The molecule has 9 heteroatoms. The zero-order valence-corrected chi connectivity index (χ0v) is 10.7. The van der Waals surface area contributed by atoms with Crippen LogP contribution in [0, 0.1) is 0 Å². The summed E-state index contributed by atoms with van der Waals surface area (Å²) >= 11 is 5.77. The number of hydrogen-bond donors (Lipinski definition) is 2. The molecule has 3 N–H and O–H groups in total. The Labute approximate surface area is 112 Å². The van der Waals surface area contributed by atoms with E-state index in [9.17, 15) is 18.0 Å². The van der Waals surface area contributed by atoms with Crippen molar-refractivity contribution in [3.05, 3.63) is 22.8 Å². The number of nitrogens with zero attached hydrogens (tertiary/aromatic N) is 2. The third kappa shape index (κ3) is 4.56. The van der Waals surface area contributed by atoms with Gasteiger partial charge in [-0.3, -0.25) is 4.79 Å². The number of nitrogen functional groups attached to an aromatic ring is 1. The fourth-order valence-electron chi connectivity index (χ4n) is 1.28. The third-order valence-corrected chi connectivity index (χ3v) is 2.59. The number of pyridine rings is 1. The van der Waals surface area contributed by atoms with Crippen molar-refractivity contribution in [1.82, 2.24) is 9.88 Å². The number of hydrogen-bond acceptors (Lipinski definition) is 4. The van der Waals surface area contributed by atoms with Gasteiger partial charge in [-0.1, -0.05) is 11.6 Å². The fourth-order valence-corrected chi connectivity index (χ4v) is 1.50. The van der Waals surface area contributed by atoms with Gasteiger partial charge in [0.1, 0.15) is 0 Å². The average Bonchev–Trinajstić information content (AvgIpc) is 2.34. The summed E-state index contributed by atoms with van der Waals surface area (Å²) in [5, 5.41) is 0.109. The van der Waals surface area contributed by atoms with E-state index < -0.39 is 25.0 Å². The zero-order valence-electron chi connectivity index (χ0n) is 9.96. The van der Waals surface area contributed by atoms with Gasteiger partial charge >= 0.3 is 6.18 Å². The SMILES string of the molecule is CN(CCC(F)(F)F)C(=O)c1cnc(NN)c(Cl)c1. The molecule has 1 rings (SSSR count). The number of aromatic nitrogens is 1. The Hall–Kier alpha value is -1.54. The Kier molecular flexibility index (Phi) is 4.96. The minimum atomic E-state index is -4.31. The molecule has 0 atom stereocenters. The van der Waals surface area contributed by atoms with Crippen molar-refractivity contribution in [2.24, 2.45) is 5.84 Å². The Morgan fingerprint density at radius 1 is 1.58 bits per heavy atom. The normalized spacial score (nSPS) is 11.3. The molecular weight excluding hydrogens is 285 g/mol. The summed E-state index contributed by atoms with van der Waals surface area (Å²) in [5.41, 5.74) is 2.31. The van der Waals surface area contributed by atoms with Crippen LogP contribution in [0.4, 0.5) is 19.0 Å². The molecule has 0 saturated heterocycles. The predicted molar refractivity (Wildman–Crippen MR) is 64.7 cm³/mol. The Bertz CT molecular complexity index is 467. The summed E-state index contributed by atoms with van der Waals surface area (Å²) in [6, 6.07) is 1.29. The van der Waals surface area contributed by atoms with Crippen LogP contribution in [0.3, 0.4) is 0 Å². The lowest BCUT2D eigenvalue weighted by molar-refractivity contribution is -0.136. The van der Waals surface area contributed by atoms with Crippen LogP contribution < -0.4 is 11.3 Å². The van der Waals surface area contributed by atoms with Crippen molar-refractivity contribution in [3.63, 3.8) is 0 Å². The molecule has 0 fully saturated rings. The predicted octanol–water partition coefficient (Wildman–Crippen LogP) is 2.04. The molecule has 0 spiro atoms. The lowest BCUT2D eigenvalue weighted by atomic mass is 10.2. The van der Waals surface area contributed by atoms with Crippen LogP contribution in [0.2, 0.25) is 5.02 Å². The molecule has 0 aliphatic rings. The van der Waals surface area contributed by atoms with Gasteiger partial charge in [0.05, 0.1) is 17.0 Å². The first-order chi connectivity index (χ1) is 8.74. The summed E-state index contributed by atoms with van der Waals surface area (Å²) in [4.78, 5) is 16.5. The van der Waals surface area contributed by atoms with E-state index in [4.69, 9.17) is 17.4 Å². The first-order valence-corrected chi connectivity index (χ1v) is 5.57. The van der Waals surface area contributed by atoms with Gasteiger partial charge in [-0.25, -0.2) is 10.8 Å². The summed E-state index contributed by atoms with van der Waals surface area (Å²) in [7, 11) is 1.27. The molecule has 0 unspecified atom stereocenters. The molecule has 5 nitrogen and oxygen atoms in total. The average molecular weight is 297 g/mol. The molecule has 0 aliphatic heterocycles. The van der Waals surface area contributed by atoms with Crippen molar-refractivity contribution in [3.8, 4) is 0 Å². The molecule has 19 heavy (non-hydrogen) atoms. The first kappa shape index (κ1) is 15.5. The van der Waals surface area contributed by atoms with Crippen LogP contribution in [0.15, 0.2) is 12.3 Å². The van der Waals surface area contributed by atoms with Gasteiger partial charge in [0.15, 0.2) is 5.82 Å². The largest absolute Gasteiger partial charge is 0.390 e. The number of nitrogens with one attached hydrogen (secondary N) is 1. The lowest BCUT2D eigenvalue weighted by Gasteiger charge is -2.18. The van der Waals surface area contributed by atoms with Gasteiger partial charge in [0.2, 0.25) is 0 Å². The quantitative estimate of drug-likeness (QED) is 0.659. The van der Waals surface area contributed by atoms with Crippen LogP contribution >= 0.6 is 11.6 Å². The molecule has 0 aliphatic carbocycles. The van der Waals surface area contributed by atoms with Gasteiger partial charge < -0.3 is 10.3 Å². The van der Waals surface area contributed by atoms with Gasteiger partial charge in [0.25, 0.3) is 5.91 Å². The smallest absolute Gasteiger partial charge is 0.341 e. The number of anilines is 1. The maximum absolute atomic E-state index is 12.1. The Morgan fingerprint density at radius 2 is 2.21 bits per heavy atom. The van der Waals surface area contributed by atoms with Crippen molar-refractivity contribution in [2.75, 3.05) is 19.0 Å². The highest BCUT2D eigenvalue weighted by atomic mass is 35.5. The van der Waals surface area contributed by atoms with Gasteiger partial charge in [-0.15, -0.1) is 0 Å². The molecule has 0 saturated carbocycles. The second-order valence-electron chi connectivity index (χ2n) is 3.79. The Morgan fingerprint density at radius 3 is 2.68 bits per heavy atom. The van der Waals surface area contributed by atoms with Crippen LogP contribution in [-0.4, -0.2) is 35.6 Å². The second kappa shape index (κ2) is 6.07. The maximum atomic E-state index is 12.1. The number of carbonyl (C=O) groups is 1. The molecule has 1 amide bonds. The Balaban J connectivity index is 2.74. The standard InChI is InChI=1S/C10H12ClF3N4O/c1-18(3-2-10(12,13)14)9(19)6-4-7(11)8(17-15)16-5-6/h4-5H,2-3,15H2,1H3,(H,16,17). The molecular formula is C10H12ClF3N4O. The van der Waals surface area contributed by atoms with Gasteiger partial charge in [-0.2, -0.15) is 13.2 Å². The van der Waals surface area contributed by atoms with E-state index >= 15 is 0 Å². The molecule has 0 radical (unpaired) electrons. The third-order valence-electron chi connectivity index (χ3n) is 2.30. The van der Waals surface area contributed by atoms with Gasteiger partial charge in [-0.05, 0) is 6.07 Å². The highest BCUT2D eigenvalue weighted by molar-refractivity contribution is 6.33. The van der Waals surface area contributed by atoms with Crippen LogP contribution in [0.1, 0.15) is 16.8 Å². The van der Waals surface area contributed by atoms with E-state index in [0.29, 0.717) is 0 Å². The van der Waals surface area contributed by atoms with Crippen LogP contribution in [-0.2, 0) is 0 Å². The zero-order chi connectivity index (χ0) is 14.6. The van der Waals surface area contributed by atoms with Crippen molar-refractivity contribution >= 4 is 23.3 Å². The fraction of sp³-hybridized carbons (Fsp3) is 0.400. The first-order valence-electron chi connectivity index (χ1n) is 5.19. The summed E-state index contributed by atoms with van der Waals surface area (Å²) in [5.74, 6) is 4.70. The van der Waals surface area contributed by atoms with E-state index in [1.54, 1.807) is 0 Å². The summed E-state index contributed by atoms with van der Waals surface area (Å²) in [6.45, 7) is -0.434. The van der Waals surface area contributed by atoms with Crippen LogP contribution in [0.25, 0.3) is 0 Å². The van der Waals surface area contributed by atoms with E-state index in [0.717, 1.165) is 4.90 Å². The summed E-state index contributed by atoms with van der Waals surface area (Å²) in [6.07, 6.45) is -4.19. The maximum Gasteiger partial charge on any atom is 0.390 e. The van der Waals surface area contributed by atoms with E-state index in [1.807, 2.05) is 0 Å². The molecule has 1 aromatic rings. The monoisotopic (exact) mass is 296 g/mol. The number of alkyl halides is 3. The highest BCUT2D eigenvalue weighted by Crippen LogP contribution is 2.21. The van der Waals surface area contributed by atoms with Crippen molar-refractivity contribution in [1.29, 1.82) is 0 Å². The van der Waals surface area contributed by atoms with Crippen molar-refractivity contribution < 1.29 is 18.0 Å². The number of hydrazine groups is 1. The number of carbonyl (C=O) groups excluding carboxylic acids is 1. The molecule has 1 aromatic heterocycles. The van der Waals surface area contributed by atoms with Gasteiger partial charge in [0, 0.05) is 19.8 Å². The van der Waals surface area contributed by atoms with E-state index in [1.165, 1.54) is 19.3 Å². The van der Waals surface area contributed by atoms with Crippen molar-refractivity contribution in [2.45, 2.75) is 12.6 Å². The van der Waals surface area contributed by atoms with Crippen LogP contribution in [0.5, 0.6) is 0 Å². The number of amides is 1. The number of rotatable bonds is 4. The van der Waals surface area contributed by atoms with E-state index in [-0.39, 0.29) is 16.4 Å².